The SMILES string of the molecule is CC(=O)Nc1cccc(NC(=O)c2cc(OCc3ccccc3)cc(C(=O)Nc3cccc(NC(C)=O)n3)n2)n1. The minimum Gasteiger partial charge on any atom is -0.489 e. The third-order valence-corrected chi connectivity index (χ3v) is 5.10. The van der Waals surface area contributed by atoms with Gasteiger partial charge in [0.1, 0.15) is 47.0 Å². The number of anilines is 4. The standard InChI is InChI=1S/C28H25N7O5/c1-17(36)29-23-10-6-12-25(32-23)34-27(38)21-14-20(40-16-19-8-4-3-5-9-19)15-22(31-21)28(39)35-26-13-7-11-24(33-26)30-18(2)37/h3-15H,16H2,1-2H3,(H2,29,32,34,36,38)(H2,30,33,35,37,39). The third-order valence-electron chi connectivity index (χ3n) is 5.10. The molecule has 0 aliphatic heterocycles. The first-order valence-corrected chi connectivity index (χ1v) is 12.1. The first-order valence-electron chi connectivity index (χ1n) is 12.1. The summed E-state index contributed by atoms with van der Waals surface area (Å²) in [6.07, 6.45) is 0. The molecule has 0 saturated carbocycles. The highest BCUT2D eigenvalue weighted by Gasteiger charge is 2.18. The Morgan fingerprint density at radius 3 is 1.50 bits per heavy atom. The Kier molecular flexibility index (Phi) is 8.72. The molecule has 4 N–H and O–H groups in total. The summed E-state index contributed by atoms with van der Waals surface area (Å²) in [7, 11) is 0. The molecule has 3 heterocycles. The number of amides is 4. The number of hydrogen-bond donors (Lipinski definition) is 4. The maximum Gasteiger partial charge on any atom is 0.275 e. The van der Waals surface area contributed by atoms with Gasteiger partial charge in [-0.15, -0.1) is 0 Å². The highest BCUT2D eigenvalue weighted by atomic mass is 16.5. The largest absolute Gasteiger partial charge is 0.489 e. The highest BCUT2D eigenvalue weighted by molar-refractivity contribution is 6.06. The summed E-state index contributed by atoms with van der Waals surface area (Å²) in [5, 5.41) is 10.3. The second kappa shape index (κ2) is 12.7. The molecule has 202 valence electrons. The lowest BCUT2D eigenvalue weighted by molar-refractivity contribution is -0.115. The van der Waals surface area contributed by atoms with E-state index in [2.05, 4.69) is 36.2 Å². The third kappa shape index (κ3) is 7.92. The van der Waals surface area contributed by atoms with Gasteiger partial charge in [-0.2, -0.15) is 0 Å². The second-order valence-corrected chi connectivity index (χ2v) is 8.43. The topological polar surface area (TPSA) is 164 Å². The van der Waals surface area contributed by atoms with Crippen molar-refractivity contribution in [3.8, 4) is 5.75 Å². The molecule has 0 saturated heterocycles. The number of carbonyl (C=O) groups is 4. The van der Waals surface area contributed by atoms with Crippen molar-refractivity contribution >= 4 is 46.9 Å². The maximum atomic E-state index is 13.1. The van der Waals surface area contributed by atoms with Crippen molar-refractivity contribution in [2.24, 2.45) is 0 Å². The van der Waals surface area contributed by atoms with Crippen LogP contribution in [0.4, 0.5) is 23.3 Å². The number of pyridine rings is 3. The van der Waals surface area contributed by atoms with Crippen LogP contribution in [0.1, 0.15) is 40.4 Å². The molecule has 1 aromatic carbocycles. The summed E-state index contributed by atoms with van der Waals surface area (Å²) < 4.78 is 5.87. The van der Waals surface area contributed by atoms with Crippen LogP contribution in [0.2, 0.25) is 0 Å². The average Bonchev–Trinajstić information content (AvgIpc) is 2.92. The summed E-state index contributed by atoms with van der Waals surface area (Å²) in [4.78, 5) is 61.5. The summed E-state index contributed by atoms with van der Waals surface area (Å²) in [5.41, 5.74) is 0.666. The van der Waals surface area contributed by atoms with Crippen molar-refractivity contribution in [1.29, 1.82) is 0 Å². The second-order valence-electron chi connectivity index (χ2n) is 8.43. The molecule has 0 atom stereocenters. The van der Waals surface area contributed by atoms with E-state index in [1.165, 1.54) is 26.0 Å². The maximum absolute atomic E-state index is 13.1. The monoisotopic (exact) mass is 539 g/mol. The van der Waals surface area contributed by atoms with Gasteiger partial charge >= 0.3 is 0 Å². The fraction of sp³-hybridized carbons (Fsp3) is 0.107. The fourth-order valence-corrected chi connectivity index (χ4v) is 3.43. The normalized spacial score (nSPS) is 10.2. The van der Waals surface area contributed by atoms with Crippen molar-refractivity contribution in [1.82, 2.24) is 15.0 Å². The predicted molar refractivity (Wildman–Crippen MR) is 148 cm³/mol. The Morgan fingerprint density at radius 2 is 1.05 bits per heavy atom. The molecule has 0 unspecified atom stereocenters. The number of aromatic nitrogens is 3. The highest BCUT2D eigenvalue weighted by Crippen LogP contribution is 2.19. The molecule has 0 spiro atoms. The van der Waals surface area contributed by atoms with Crippen molar-refractivity contribution < 1.29 is 23.9 Å². The average molecular weight is 540 g/mol. The molecule has 0 aliphatic rings. The van der Waals surface area contributed by atoms with E-state index in [0.29, 0.717) is 0 Å². The van der Waals surface area contributed by atoms with Gasteiger partial charge < -0.3 is 26.0 Å². The van der Waals surface area contributed by atoms with Crippen LogP contribution in [0.25, 0.3) is 0 Å². The zero-order valence-electron chi connectivity index (χ0n) is 21.6. The van der Waals surface area contributed by atoms with Gasteiger partial charge in [-0.3, -0.25) is 19.2 Å². The Balaban J connectivity index is 1.59. The van der Waals surface area contributed by atoms with Crippen LogP contribution in [0.5, 0.6) is 5.75 Å². The Bertz CT molecular complexity index is 1470. The first kappa shape index (κ1) is 27.4. The fourth-order valence-electron chi connectivity index (χ4n) is 3.43. The van der Waals surface area contributed by atoms with Crippen LogP contribution in [-0.4, -0.2) is 38.6 Å². The van der Waals surface area contributed by atoms with Crippen molar-refractivity contribution in [3.63, 3.8) is 0 Å². The molecule has 4 aromatic rings. The lowest BCUT2D eigenvalue weighted by atomic mass is 10.2. The van der Waals surface area contributed by atoms with E-state index in [1.807, 2.05) is 30.3 Å². The summed E-state index contributed by atoms with van der Waals surface area (Å²) in [5.74, 6) is -0.858. The van der Waals surface area contributed by atoms with E-state index in [4.69, 9.17) is 4.74 Å². The summed E-state index contributed by atoms with van der Waals surface area (Å²) in [6.45, 7) is 2.87. The van der Waals surface area contributed by atoms with E-state index in [1.54, 1.807) is 36.4 Å². The molecule has 12 heteroatoms. The minimum atomic E-state index is -0.655. The van der Waals surface area contributed by atoms with E-state index in [9.17, 15) is 19.2 Å². The van der Waals surface area contributed by atoms with E-state index in [-0.39, 0.29) is 58.8 Å². The van der Waals surface area contributed by atoms with E-state index < -0.39 is 11.8 Å². The van der Waals surface area contributed by atoms with E-state index in [0.717, 1.165) is 5.56 Å². The van der Waals surface area contributed by atoms with Gasteiger partial charge in [0.15, 0.2) is 0 Å². The minimum absolute atomic E-state index is 0.109. The number of benzene rings is 1. The zero-order chi connectivity index (χ0) is 28.5. The Labute approximate surface area is 229 Å². The van der Waals surface area contributed by atoms with Crippen LogP contribution in [-0.2, 0) is 16.2 Å². The van der Waals surface area contributed by atoms with Gasteiger partial charge in [-0.05, 0) is 29.8 Å². The quantitative estimate of drug-likeness (QED) is 0.249. The number of nitrogens with zero attached hydrogens (tertiary/aromatic N) is 3. The molecular formula is C28H25N7O5. The Morgan fingerprint density at radius 1 is 0.600 bits per heavy atom. The summed E-state index contributed by atoms with van der Waals surface area (Å²) >= 11 is 0. The number of rotatable bonds is 9. The number of hydrogen-bond acceptors (Lipinski definition) is 8. The first-order chi connectivity index (χ1) is 19.2. The lowest BCUT2D eigenvalue weighted by Gasteiger charge is -2.12. The van der Waals surface area contributed by atoms with Gasteiger partial charge in [0, 0.05) is 26.0 Å². The molecule has 0 radical (unpaired) electrons. The van der Waals surface area contributed by atoms with Crippen LogP contribution in [0.15, 0.2) is 78.9 Å². The lowest BCUT2D eigenvalue weighted by Crippen LogP contribution is -2.20. The summed E-state index contributed by atoms with van der Waals surface area (Å²) in [6, 6.07) is 21.6. The van der Waals surface area contributed by atoms with Crippen molar-refractivity contribution in [3.05, 3.63) is 95.8 Å². The van der Waals surface area contributed by atoms with E-state index >= 15 is 0 Å². The molecule has 0 aliphatic carbocycles. The van der Waals surface area contributed by atoms with Crippen LogP contribution < -0.4 is 26.0 Å². The van der Waals surface area contributed by atoms with Crippen LogP contribution in [0, 0.1) is 0 Å². The molecule has 12 nitrogen and oxygen atoms in total. The van der Waals surface area contributed by atoms with Gasteiger partial charge in [-0.1, -0.05) is 42.5 Å². The van der Waals surface area contributed by atoms with Crippen molar-refractivity contribution in [2.75, 3.05) is 21.3 Å². The van der Waals surface area contributed by atoms with Crippen molar-refractivity contribution in [2.45, 2.75) is 20.5 Å². The molecule has 4 rings (SSSR count). The number of ether oxygens (including phenoxy) is 1. The van der Waals surface area contributed by atoms with Gasteiger partial charge in [-0.25, -0.2) is 15.0 Å². The molecule has 4 amide bonds. The Hall–Kier alpha value is -5.65. The molecule has 40 heavy (non-hydrogen) atoms. The van der Waals surface area contributed by atoms with Crippen LogP contribution >= 0.6 is 0 Å². The van der Waals surface area contributed by atoms with Gasteiger partial charge in [0.05, 0.1) is 0 Å². The number of nitrogens with one attached hydrogen (secondary N) is 4. The zero-order valence-corrected chi connectivity index (χ0v) is 21.6. The predicted octanol–water partition coefficient (Wildman–Crippen LogP) is 3.87. The number of carbonyl (C=O) groups excluding carboxylic acids is 4. The van der Waals surface area contributed by atoms with Crippen LogP contribution in [0.3, 0.4) is 0 Å². The molecule has 0 bridgehead atoms. The molecular weight excluding hydrogens is 514 g/mol. The van der Waals surface area contributed by atoms with Gasteiger partial charge in [0.2, 0.25) is 11.8 Å². The molecule has 3 aromatic heterocycles. The molecule has 0 fully saturated rings. The smallest absolute Gasteiger partial charge is 0.275 e. The van der Waals surface area contributed by atoms with Gasteiger partial charge in [0.25, 0.3) is 11.8 Å².